The van der Waals surface area contributed by atoms with Crippen molar-refractivity contribution in [3.8, 4) is 0 Å². The smallest absolute Gasteiger partial charge is 0.117 e. The van der Waals surface area contributed by atoms with E-state index in [4.69, 9.17) is 5.41 Å². The first-order chi connectivity index (χ1) is 10.8. The van der Waals surface area contributed by atoms with Gasteiger partial charge in [-0.3, -0.25) is 5.41 Å². The number of rotatable bonds is 17. The molecule has 0 aliphatic heterocycles. The van der Waals surface area contributed by atoms with E-state index >= 15 is 0 Å². The predicted molar refractivity (Wildman–Crippen MR) is 101 cm³/mol. The molecule has 2 nitrogen and oxygen atoms in total. The van der Waals surface area contributed by atoms with Crippen LogP contribution in [0.1, 0.15) is 103 Å². The van der Waals surface area contributed by atoms with Crippen molar-refractivity contribution in [2.45, 2.75) is 103 Å². The summed E-state index contributed by atoms with van der Waals surface area (Å²) in [7, 11) is 0. The van der Waals surface area contributed by atoms with Gasteiger partial charge in [-0.1, -0.05) is 103 Å². The second-order valence-corrected chi connectivity index (χ2v) is 6.49. The lowest BCUT2D eigenvalue weighted by Gasteiger charge is -2.05. The molecule has 2 heteroatoms. The van der Waals surface area contributed by atoms with Crippen molar-refractivity contribution in [2.24, 2.45) is 0 Å². The minimum atomic E-state index is 0.449. The molecular weight excluding hydrogens is 268 g/mol. The molecule has 0 saturated carbocycles. The van der Waals surface area contributed by atoms with Crippen LogP contribution in [0.3, 0.4) is 0 Å². The van der Waals surface area contributed by atoms with Crippen molar-refractivity contribution in [1.82, 2.24) is 5.32 Å². The zero-order chi connectivity index (χ0) is 16.3. The summed E-state index contributed by atoms with van der Waals surface area (Å²) in [6, 6.07) is 0. The van der Waals surface area contributed by atoms with Crippen LogP contribution in [-0.2, 0) is 0 Å². The van der Waals surface area contributed by atoms with Gasteiger partial charge in [0.25, 0.3) is 0 Å². The van der Waals surface area contributed by atoms with E-state index in [1.807, 2.05) is 0 Å². The second-order valence-electron chi connectivity index (χ2n) is 6.49. The molecule has 2 N–H and O–H groups in total. The largest absolute Gasteiger partial charge is 0.371 e. The van der Waals surface area contributed by atoms with Crippen LogP contribution < -0.4 is 5.32 Å². The van der Waals surface area contributed by atoms with Gasteiger partial charge in [-0.15, -0.1) is 0 Å². The maximum atomic E-state index is 7.39. The number of amidine groups is 1. The third-order valence-corrected chi connectivity index (χ3v) is 4.30. The Balaban J connectivity index is 2.99. The van der Waals surface area contributed by atoms with Crippen LogP contribution in [0.5, 0.6) is 0 Å². The normalized spacial score (nSPS) is 10.6. The molecule has 0 aliphatic rings. The van der Waals surface area contributed by atoms with Crippen molar-refractivity contribution in [2.75, 3.05) is 6.54 Å². The fourth-order valence-electron chi connectivity index (χ4n) is 2.79. The first kappa shape index (κ1) is 21.2. The van der Waals surface area contributed by atoms with Gasteiger partial charge in [0.15, 0.2) is 0 Å². The maximum Gasteiger partial charge on any atom is 0.117 e. The predicted octanol–water partition coefficient (Wildman–Crippen LogP) is 6.61. The summed E-state index contributed by atoms with van der Waals surface area (Å²) < 4.78 is 0. The zero-order valence-corrected chi connectivity index (χ0v) is 15.1. The molecule has 0 heterocycles. The molecule has 0 rings (SSSR count). The summed E-state index contributed by atoms with van der Waals surface area (Å²) in [5, 5.41) is 10.4. The van der Waals surface area contributed by atoms with Crippen molar-refractivity contribution < 1.29 is 0 Å². The van der Waals surface area contributed by atoms with Crippen molar-refractivity contribution in [1.29, 1.82) is 5.41 Å². The minimum absolute atomic E-state index is 0.449. The first-order valence-electron chi connectivity index (χ1n) is 9.76. The summed E-state index contributed by atoms with van der Waals surface area (Å²) in [6.45, 7) is 6.77. The van der Waals surface area contributed by atoms with Gasteiger partial charge in [-0.2, -0.15) is 0 Å². The van der Waals surface area contributed by atoms with Gasteiger partial charge in [-0.05, 0) is 12.5 Å². The van der Waals surface area contributed by atoms with Crippen molar-refractivity contribution >= 4 is 5.84 Å². The summed E-state index contributed by atoms with van der Waals surface area (Å²) in [5.74, 6) is 0.449. The van der Waals surface area contributed by atoms with Crippen LogP contribution >= 0.6 is 0 Å². The molecule has 0 aromatic carbocycles. The Hall–Kier alpha value is -0.790. The summed E-state index contributed by atoms with van der Waals surface area (Å²) in [5.41, 5.74) is 0. The molecule has 0 radical (unpaired) electrons. The monoisotopic (exact) mass is 308 g/mol. The number of unbranched alkanes of at least 4 members (excludes halogenated alkanes) is 14. The van der Waals surface area contributed by atoms with E-state index in [-0.39, 0.29) is 0 Å². The zero-order valence-electron chi connectivity index (χ0n) is 15.1. The van der Waals surface area contributed by atoms with Gasteiger partial charge >= 0.3 is 0 Å². The third-order valence-electron chi connectivity index (χ3n) is 4.30. The van der Waals surface area contributed by atoms with Crippen LogP contribution in [0, 0.1) is 5.41 Å². The number of nitrogens with one attached hydrogen (secondary N) is 2. The highest BCUT2D eigenvalue weighted by Crippen LogP contribution is 2.13. The fourth-order valence-corrected chi connectivity index (χ4v) is 2.79. The van der Waals surface area contributed by atoms with Gasteiger partial charge in [0.1, 0.15) is 5.84 Å². The summed E-state index contributed by atoms with van der Waals surface area (Å²) >= 11 is 0. The molecule has 0 unspecified atom stereocenters. The van der Waals surface area contributed by atoms with Crippen LogP contribution in [0.25, 0.3) is 0 Å². The molecular formula is C20H40N2. The highest BCUT2D eigenvalue weighted by atomic mass is 14.9. The summed E-state index contributed by atoms with van der Waals surface area (Å²) in [4.78, 5) is 0. The fraction of sp³-hybridized carbons (Fsp3) is 0.850. The van der Waals surface area contributed by atoms with E-state index in [0.717, 1.165) is 6.54 Å². The van der Waals surface area contributed by atoms with E-state index in [2.05, 4.69) is 18.8 Å². The minimum Gasteiger partial charge on any atom is -0.371 e. The van der Waals surface area contributed by atoms with Crippen LogP contribution in [0.2, 0.25) is 0 Å². The Bertz CT molecular complexity index is 248. The lowest BCUT2D eigenvalue weighted by molar-refractivity contribution is 0.532. The SMILES string of the molecule is C=CC(=N)NCCCCCCCCCCCCCCCCC. The average molecular weight is 309 g/mol. The van der Waals surface area contributed by atoms with E-state index in [9.17, 15) is 0 Å². The van der Waals surface area contributed by atoms with Gasteiger partial charge in [0, 0.05) is 6.54 Å². The topological polar surface area (TPSA) is 35.9 Å². The molecule has 130 valence electrons. The molecule has 0 aromatic heterocycles. The molecule has 0 amide bonds. The number of hydrogen-bond donors (Lipinski definition) is 2. The van der Waals surface area contributed by atoms with E-state index < -0.39 is 0 Å². The quantitative estimate of drug-likeness (QED) is 0.177. The second kappa shape index (κ2) is 18.3. The highest BCUT2D eigenvalue weighted by Gasteiger charge is 1.94. The Morgan fingerprint density at radius 2 is 1.09 bits per heavy atom. The third kappa shape index (κ3) is 17.3. The molecule has 0 saturated heterocycles. The molecule has 0 fully saturated rings. The lowest BCUT2D eigenvalue weighted by atomic mass is 10.0. The van der Waals surface area contributed by atoms with Crippen LogP contribution in [-0.4, -0.2) is 12.4 Å². The van der Waals surface area contributed by atoms with Gasteiger partial charge < -0.3 is 5.32 Å². The Morgan fingerprint density at radius 3 is 1.45 bits per heavy atom. The van der Waals surface area contributed by atoms with Crippen LogP contribution in [0.4, 0.5) is 0 Å². The van der Waals surface area contributed by atoms with Gasteiger partial charge in [0.2, 0.25) is 0 Å². The Kier molecular flexibility index (Phi) is 17.6. The highest BCUT2D eigenvalue weighted by molar-refractivity contribution is 5.89. The average Bonchev–Trinajstić information content (AvgIpc) is 2.54. The van der Waals surface area contributed by atoms with E-state index in [1.165, 1.54) is 96.3 Å². The molecule has 0 bridgehead atoms. The molecule has 0 aliphatic carbocycles. The maximum absolute atomic E-state index is 7.39. The van der Waals surface area contributed by atoms with Crippen LogP contribution in [0.15, 0.2) is 12.7 Å². The van der Waals surface area contributed by atoms with Gasteiger partial charge in [-0.25, -0.2) is 0 Å². The first-order valence-corrected chi connectivity index (χ1v) is 9.76. The lowest BCUT2D eigenvalue weighted by Crippen LogP contribution is -2.20. The summed E-state index contributed by atoms with van der Waals surface area (Å²) in [6.07, 6.45) is 22.5. The molecule has 0 spiro atoms. The van der Waals surface area contributed by atoms with Gasteiger partial charge in [0.05, 0.1) is 0 Å². The van der Waals surface area contributed by atoms with Crippen molar-refractivity contribution in [3.63, 3.8) is 0 Å². The van der Waals surface area contributed by atoms with E-state index in [0.29, 0.717) is 5.84 Å². The number of hydrogen-bond acceptors (Lipinski definition) is 1. The molecule has 0 aromatic rings. The van der Waals surface area contributed by atoms with Crippen molar-refractivity contribution in [3.05, 3.63) is 12.7 Å². The van der Waals surface area contributed by atoms with E-state index in [1.54, 1.807) is 6.08 Å². The Morgan fingerprint density at radius 1 is 0.727 bits per heavy atom. The Labute approximate surface area is 139 Å². The molecule has 22 heavy (non-hydrogen) atoms. The molecule has 0 atom stereocenters. The standard InChI is InChI=1S/C20H40N2/c1-3-5-6-7-8-9-10-11-12-13-14-15-16-17-18-19-22-20(21)4-2/h4H,2-3,5-19H2,1H3,(H2,21,22).